The maximum Gasteiger partial charge on any atom is 0.137 e. The van der Waals surface area contributed by atoms with Gasteiger partial charge in [-0.2, -0.15) is 0 Å². The topological polar surface area (TPSA) is 17.3 Å². The number of nitrogens with zero attached hydrogens (tertiary/aromatic N) is 2. The highest BCUT2D eigenvalue weighted by molar-refractivity contribution is 5.68. The number of benzene rings is 1. The van der Waals surface area contributed by atoms with E-state index in [-0.39, 0.29) is 0 Å². The molecular formula is C17H18N2. The first kappa shape index (κ1) is 12.0. The lowest BCUT2D eigenvalue weighted by atomic mass is 10.0. The molecule has 0 bridgehead atoms. The van der Waals surface area contributed by atoms with Gasteiger partial charge < -0.3 is 0 Å². The largest absolute Gasteiger partial charge is 0.297 e. The second-order valence-electron chi connectivity index (χ2n) is 5.33. The van der Waals surface area contributed by atoms with Crippen molar-refractivity contribution in [3.05, 3.63) is 58.9 Å². The van der Waals surface area contributed by atoms with Gasteiger partial charge in [-0.1, -0.05) is 23.8 Å². The smallest absolute Gasteiger partial charge is 0.137 e. The fraction of sp³-hybridized carbons (Fsp3) is 0.235. The van der Waals surface area contributed by atoms with Crippen LogP contribution in [0.25, 0.3) is 16.9 Å². The van der Waals surface area contributed by atoms with Crippen molar-refractivity contribution in [2.75, 3.05) is 0 Å². The number of hydrogen-bond donors (Lipinski definition) is 0. The molecule has 0 amide bonds. The predicted octanol–water partition coefficient (Wildman–Crippen LogP) is 4.23. The number of imidazole rings is 1. The summed E-state index contributed by atoms with van der Waals surface area (Å²) in [6.45, 7) is 8.53. The van der Waals surface area contributed by atoms with Crippen molar-refractivity contribution < 1.29 is 0 Å². The molecule has 3 aromatic rings. The minimum atomic E-state index is 1.02. The molecule has 19 heavy (non-hydrogen) atoms. The van der Waals surface area contributed by atoms with Gasteiger partial charge in [0.2, 0.25) is 0 Å². The molecule has 0 saturated carbocycles. The van der Waals surface area contributed by atoms with Crippen molar-refractivity contribution in [3.63, 3.8) is 0 Å². The molecule has 0 N–H and O–H groups in total. The van der Waals surface area contributed by atoms with Crippen LogP contribution >= 0.6 is 0 Å². The molecule has 0 aliphatic carbocycles. The van der Waals surface area contributed by atoms with Crippen LogP contribution in [0.4, 0.5) is 0 Å². The van der Waals surface area contributed by atoms with Crippen LogP contribution in [-0.2, 0) is 0 Å². The van der Waals surface area contributed by atoms with Gasteiger partial charge in [0.1, 0.15) is 5.65 Å². The first-order valence-corrected chi connectivity index (χ1v) is 6.58. The van der Waals surface area contributed by atoms with Crippen LogP contribution in [0.1, 0.15) is 22.4 Å². The minimum Gasteiger partial charge on any atom is -0.297 e. The number of rotatable bonds is 1. The van der Waals surface area contributed by atoms with Gasteiger partial charge in [-0.25, -0.2) is 4.98 Å². The van der Waals surface area contributed by atoms with Gasteiger partial charge >= 0.3 is 0 Å². The molecule has 0 aliphatic heterocycles. The Morgan fingerprint density at radius 2 is 1.68 bits per heavy atom. The minimum absolute atomic E-state index is 1.02. The summed E-state index contributed by atoms with van der Waals surface area (Å²) < 4.78 is 2.23. The quantitative estimate of drug-likeness (QED) is 0.631. The third-order valence-corrected chi connectivity index (χ3v) is 3.59. The molecule has 3 rings (SSSR count). The SMILES string of the molecule is Cc1ccc(-c2cnc3cc(C)cc(C)n23)c(C)c1. The fourth-order valence-corrected chi connectivity index (χ4v) is 2.77. The molecule has 0 unspecified atom stereocenters. The first-order chi connectivity index (χ1) is 9.06. The van der Waals surface area contributed by atoms with Crippen molar-refractivity contribution in [2.45, 2.75) is 27.7 Å². The third-order valence-electron chi connectivity index (χ3n) is 3.59. The number of fused-ring (bicyclic) bond motifs is 1. The second kappa shape index (κ2) is 4.23. The van der Waals surface area contributed by atoms with E-state index >= 15 is 0 Å². The molecule has 0 aliphatic rings. The molecule has 0 radical (unpaired) electrons. The van der Waals surface area contributed by atoms with Crippen molar-refractivity contribution in [1.29, 1.82) is 0 Å². The summed E-state index contributed by atoms with van der Waals surface area (Å²) in [5.74, 6) is 0. The first-order valence-electron chi connectivity index (χ1n) is 6.58. The summed E-state index contributed by atoms with van der Waals surface area (Å²) in [7, 11) is 0. The lowest BCUT2D eigenvalue weighted by Gasteiger charge is -2.09. The van der Waals surface area contributed by atoms with E-state index in [2.05, 4.69) is 67.4 Å². The highest BCUT2D eigenvalue weighted by Crippen LogP contribution is 2.26. The standard InChI is InChI=1S/C17H18N2/c1-11-5-6-15(13(3)7-11)16-10-18-17-9-12(2)8-14(4)19(16)17/h5-10H,1-4H3. The predicted molar refractivity (Wildman–Crippen MR) is 79.6 cm³/mol. The van der Waals surface area contributed by atoms with E-state index in [1.54, 1.807) is 0 Å². The summed E-state index contributed by atoms with van der Waals surface area (Å²) in [5.41, 5.74) is 8.51. The van der Waals surface area contributed by atoms with Crippen LogP contribution in [0.3, 0.4) is 0 Å². The Hall–Kier alpha value is -2.09. The van der Waals surface area contributed by atoms with Gasteiger partial charge in [0.15, 0.2) is 0 Å². The monoisotopic (exact) mass is 250 g/mol. The lowest BCUT2D eigenvalue weighted by molar-refractivity contribution is 1.08. The van der Waals surface area contributed by atoms with Crippen LogP contribution in [0.15, 0.2) is 36.5 Å². The molecular weight excluding hydrogens is 232 g/mol. The van der Waals surface area contributed by atoms with Gasteiger partial charge in [0, 0.05) is 11.3 Å². The zero-order valence-electron chi connectivity index (χ0n) is 11.9. The zero-order chi connectivity index (χ0) is 13.6. The Balaban J connectivity index is 2.31. The second-order valence-corrected chi connectivity index (χ2v) is 5.33. The van der Waals surface area contributed by atoms with Crippen LogP contribution < -0.4 is 0 Å². The Morgan fingerprint density at radius 3 is 2.42 bits per heavy atom. The molecule has 0 atom stereocenters. The van der Waals surface area contributed by atoms with Crippen molar-refractivity contribution in [2.24, 2.45) is 0 Å². The molecule has 2 heterocycles. The van der Waals surface area contributed by atoms with E-state index in [4.69, 9.17) is 0 Å². The number of aromatic nitrogens is 2. The molecule has 0 saturated heterocycles. The Bertz CT molecular complexity index is 766. The maximum absolute atomic E-state index is 4.54. The summed E-state index contributed by atoms with van der Waals surface area (Å²) in [6.07, 6.45) is 1.97. The van der Waals surface area contributed by atoms with Crippen molar-refractivity contribution in [1.82, 2.24) is 9.38 Å². The Morgan fingerprint density at radius 1 is 0.895 bits per heavy atom. The molecule has 0 fully saturated rings. The Kier molecular flexibility index (Phi) is 2.67. The molecule has 0 spiro atoms. The van der Waals surface area contributed by atoms with E-state index in [9.17, 15) is 0 Å². The summed E-state index contributed by atoms with van der Waals surface area (Å²) >= 11 is 0. The van der Waals surface area contributed by atoms with Crippen molar-refractivity contribution in [3.8, 4) is 11.3 Å². The molecule has 2 aromatic heterocycles. The van der Waals surface area contributed by atoms with Crippen LogP contribution in [0, 0.1) is 27.7 Å². The molecule has 2 heteroatoms. The van der Waals surface area contributed by atoms with E-state index in [0.29, 0.717) is 0 Å². The number of hydrogen-bond acceptors (Lipinski definition) is 1. The molecule has 1 aromatic carbocycles. The summed E-state index contributed by atoms with van der Waals surface area (Å²) in [5, 5.41) is 0. The third kappa shape index (κ3) is 1.93. The van der Waals surface area contributed by atoms with Crippen LogP contribution in [-0.4, -0.2) is 9.38 Å². The fourth-order valence-electron chi connectivity index (χ4n) is 2.77. The molecule has 2 nitrogen and oxygen atoms in total. The highest BCUT2D eigenvalue weighted by Gasteiger charge is 2.10. The van der Waals surface area contributed by atoms with E-state index < -0.39 is 0 Å². The van der Waals surface area contributed by atoms with E-state index in [1.807, 2.05) is 6.20 Å². The highest BCUT2D eigenvalue weighted by atomic mass is 15.0. The number of pyridine rings is 1. The molecule has 96 valence electrons. The summed E-state index contributed by atoms with van der Waals surface area (Å²) in [6, 6.07) is 10.9. The van der Waals surface area contributed by atoms with Gasteiger partial charge in [0.05, 0.1) is 11.9 Å². The van der Waals surface area contributed by atoms with Crippen LogP contribution in [0.2, 0.25) is 0 Å². The van der Waals surface area contributed by atoms with E-state index in [1.165, 1.54) is 33.6 Å². The van der Waals surface area contributed by atoms with Gasteiger partial charge in [-0.3, -0.25) is 4.40 Å². The maximum atomic E-state index is 4.54. The van der Waals surface area contributed by atoms with Gasteiger partial charge in [-0.15, -0.1) is 0 Å². The lowest BCUT2D eigenvalue weighted by Crippen LogP contribution is -1.96. The normalized spacial score (nSPS) is 11.2. The average molecular weight is 250 g/mol. The zero-order valence-corrected chi connectivity index (χ0v) is 11.9. The van der Waals surface area contributed by atoms with E-state index in [0.717, 1.165) is 5.65 Å². The van der Waals surface area contributed by atoms with Crippen LogP contribution in [0.5, 0.6) is 0 Å². The average Bonchev–Trinajstić information content (AvgIpc) is 2.72. The van der Waals surface area contributed by atoms with Crippen molar-refractivity contribution >= 4 is 5.65 Å². The summed E-state index contributed by atoms with van der Waals surface area (Å²) in [4.78, 5) is 4.54. The van der Waals surface area contributed by atoms with Gasteiger partial charge in [0.25, 0.3) is 0 Å². The number of aryl methyl sites for hydroxylation is 4. The Labute approximate surface area is 113 Å². The van der Waals surface area contributed by atoms with Gasteiger partial charge in [-0.05, 0) is 51.0 Å².